The summed E-state index contributed by atoms with van der Waals surface area (Å²) in [4.78, 5) is 15.6. The lowest BCUT2D eigenvalue weighted by Crippen LogP contribution is -1.95. The Morgan fingerprint density at radius 1 is 1.30 bits per heavy atom. The van der Waals surface area contributed by atoms with Crippen LogP contribution in [0.5, 0.6) is 0 Å². The van der Waals surface area contributed by atoms with Crippen LogP contribution in [0.25, 0.3) is 22.4 Å². The molecule has 6 nitrogen and oxygen atoms in total. The molecule has 3 rings (SSSR count). The van der Waals surface area contributed by atoms with Crippen LogP contribution in [0.2, 0.25) is 0 Å². The molecule has 20 heavy (non-hydrogen) atoms. The minimum atomic E-state index is -0.948. The van der Waals surface area contributed by atoms with Gasteiger partial charge in [0.25, 0.3) is 0 Å². The van der Waals surface area contributed by atoms with Gasteiger partial charge in [-0.25, -0.2) is 9.78 Å². The van der Waals surface area contributed by atoms with Gasteiger partial charge in [-0.15, -0.1) is 0 Å². The first-order valence-corrected chi connectivity index (χ1v) is 6.18. The Labute approximate surface area is 115 Å². The van der Waals surface area contributed by atoms with E-state index in [9.17, 15) is 4.79 Å². The molecule has 1 aromatic carbocycles. The number of aromatic carboxylic acids is 1. The van der Waals surface area contributed by atoms with Gasteiger partial charge in [0.05, 0.1) is 27.9 Å². The number of nitrogens with zero attached hydrogens (tertiary/aromatic N) is 4. The molecule has 2 aromatic heterocycles. The van der Waals surface area contributed by atoms with E-state index in [4.69, 9.17) is 5.11 Å². The molecular weight excluding hydrogens is 256 g/mol. The maximum Gasteiger partial charge on any atom is 0.335 e. The molecule has 0 bridgehead atoms. The van der Waals surface area contributed by atoms with Crippen LogP contribution in [-0.4, -0.2) is 30.4 Å². The molecule has 0 aliphatic rings. The molecule has 3 aromatic rings. The summed E-state index contributed by atoms with van der Waals surface area (Å²) >= 11 is 0. The third-order valence-electron chi connectivity index (χ3n) is 3.38. The van der Waals surface area contributed by atoms with Crippen LogP contribution in [0.3, 0.4) is 0 Å². The number of carboxylic acids is 1. The highest BCUT2D eigenvalue weighted by atomic mass is 16.4. The summed E-state index contributed by atoms with van der Waals surface area (Å²) in [6.45, 7) is 1.93. The van der Waals surface area contributed by atoms with Crippen LogP contribution in [-0.2, 0) is 14.1 Å². The van der Waals surface area contributed by atoms with E-state index in [1.54, 1.807) is 22.9 Å². The molecule has 1 N–H and O–H groups in total. The molecule has 0 unspecified atom stereocenters. The number of hydrogen-bond donors (Lipinski definition) is 1. The zero-order chi connectivity index (χ0) is 14.4. The molecule has 0 aliphatic carbocycles. The normalized spacial score (nSPS) is 11.2. The molecule has 102 valence electrons. The summed E-state index contributed by atoms with van der Waals surface area (Å²) in [6.07, 6.45) is 1.91. The molecule has 0 atom stereocenters. The molecular formula is C14H14N4O2. The van der Waals surface area contributed by atoms with Crippen molar-refractivity contribution in [3.8, 4) is 11.4 Å². The van der Waals surface area contributed by atoms with E-state index in [2.05, 4.69) is 10.1 Å². The summed E-state index contributed by atoms with van der Waals surface area (Å²) < 4.78 is 3.69. The Bertz CT molecular complexity index is 829. The van der Waals surface area contributed by atoms with Gasteiger partial charge in [0, 0.05) is 20.3 Å². The highest BCUT2D eigenvalue weighted by molar-refractivity contribution is 5.93. The first-order valence-electron chi connectivity index (χ1n) is 6.18. The Hall–Kier alpha value is -2.63. The van der Waals surface area contributed by atoms with Crippen molar-refractivity contribution in [2.45, 2.75) is 6.92 Å². The second-order valence-corrected chi connectivity index (χ2v) is 4.80. The highest BCUT2D eigenvalue weighted by Crippen LogP contribution is 2.26. The second-order valence-electron chi connectivity index (χ2n) is 4.80. The van der Waals surface area contributed by atoms with Gasteiger partial charge in [-0.1, -0.05) is 0 Å². The van der Waals surface area contributed by atoms with Crippen molar-refractivity contribution in [3.63, 3.8) is 0 Å². The quantitative estimate of drug-likeness (QED) is 0.772. The van der Waals surface area contributed by atoms with E-state index in [0.29, 0.717) is 5.52 Å². The average molecular weight is 270 g/mol. The van der Waals surface area contributed by atoms with Crippen molar-refractivity contribution in [2.75, 3.05) is 0 Å². The zero-order valence-electron chi connectivity index (χ0n) is 11.5. The monoisotopic (exact) mass is 270 g/mol. The third kappa shape index (κ3) is 1.77. The highest BCUT2D eigenvalue weighted by Gasteiger charge is 2.15. The van der Waals surface area contributed by atoms with E-state index in [0.717, 1.165) is 22.6 Å². The Morgan fingerprint density at radius 2 is 2.05 bits per heavy atom. The number of carboxylic acid groups (broad SMARTS) is 1. The van der Waals surface area contributed by atoms with Gasteiger partial charge in [0.15, 0.2) is 0 Å². The minimum absolute atomic E-state index is 0.241. The summed E-state index contributed by atoms with van der Waals surface area (Å²) in [7, 11) is 3.78. The van der Waals surface area contributed by atoms with E-state index >= 15 is 0 Å². The topological polar surface area (TPSA) is 72.9 Å². The van der Waals surface area contributed by atoms with Gasteiger partial charge in [-0.05, 0) is 25.1 Å². The number of imidazole rings is 1. The predicted octanol–water partition coefficient (Wildman–Crippen LogP) is 1.98. The van der Waals surface area contributed by atoms with Crippen molar-refractivity contribution in [2.24, 2.45) is 14.1 Å². The molecule has 0 radical (unpaired) electrons. The van der Waals surface area contributed by atoms with Gasteiger partial charge >= 0.3 is 5.97 Å². The minimum Gasteiger partial charge on any atom is -0.478 e. The first-order chi connectivity index (χ1) is 9.47. The number of aryl methyl sites for hydroxylation is 3. The van der Waals surface area contributed by atoms with E-state index in [-0.39, 0.29) is 5.56 Å². The Kier molecular flexibility index (Phi) is 2.60. The molecule has 0 spiro atoms. The van der Waals surface area contributed by atoms with Gasteiger partial charge < -0.3 is 9.67 Å². The van der Waals surface area contributed by atoms with Crippen molar-refractivity contribution in [1.29, 1.82) is 0 Å². The van der Waals surface area contributed by atoms with Gasteiger partial charge in [0.2, 0.25) is 0 Å². The summed E-state index contributed by atoms with van der Waals surface area (Å²) in [5.41, 5.74) is 3.65. The third-order valence-corrected chi connectivity index (χ3v) is 3.38. The Morgan fingerprint density at radius 3 is 2.65 bits per heavy atom. The molecule has 0 saturated carbocycles. The number of aromatic nitrogens is 4. The van der Waals surface area contributed by atoms with Crippen LogP contribution in [0, 0.1) is 6.92 Å². The molecule has 0 saturated heterocycles. The average Bonchev–Trinajstić information content (AvgIpc) is 2.89. The SMILES string of the molecule is Cc1nn(C)cc1-c1nc2cc(C(=O)O)ccc2n1C. The molecule has 6 heteroatoms. The van der Waals surface area contributed by atoms with Crippen LogP contribution < -0.4 is 0 Å². The number of rotatable bonds is 2. The number of carbonyl (C=O) groups is 1. The van der Waals surface area contributed by atoms with E-state index < -0.39 is 5.97 Å². The lowest BCUT2D eigenvalue weighted by atomic mass is 10.2. The van der Waals surface area contributed by atoms with Crippen molar-refractivity contribution >= 4 is 17.0 Å². The smallest absolute Gasteiger partial charge is 0.335 e. The fraction of sp³-hybridized carbons (Fsp3) is 0.214. The van der Waals surface area contributed by atoms with Crippen LogP contribution in [0.15, 0.2) is 24.4 Å². The molecule has 2 heterocycles. The van der Waals surface area contributed by atoms with Crippen LogP contribution in [0.4, 0.5) is 0 Å². The summed E-state index contributed by atoms with van der Waals surface area (Å²) in [6, 6.07) is 4.96. The molecule has 0 fully saturated rings. The lowest BCUT2D eigenvalue weighted by molar-refractivity contribution is 0.0697. The van der Waals surface area contributed by atoms with E-state index in [1.807, 2.05) is 31.8 Å². The Balaban J connectivity index is 2.25. The molecule has 0 aliphatic heterocycles. The lowest BCUT2D eigenvalue weighted by Gasteiger charge is -2.00. The van der Waals surface area contributed by atoms with Crippen LogP contribution in [0.1, 0.15) is 16.1 Å². The van der Waals surface area contributed by atoms with Gasteiger partial charge in [-0.3, -0.25) is 4.68 Å². The number of fused-ring (bicyclic) bond motifs is 1. The maximum absolute atomic E-state index is 11.0. The van der Waals surface area contributed by atoms with E-state index in [1.165, 1.54) is 0 Å². The second kappa shape index (κ2) is 4.19. The van der Waals surface area contributed by atoms with Crippen molar-refractivity contribution < 1.29 is 9.90 Å². The van der Waals surface area contributed by atoms with Gasteiger partial charge in [-0.2, -0.15) is 5.10 Å². The summed E-state index contributed by atoms with van der Waals surface area (Å²) in [5, 5.41) is 13.4. The van der Waals surface area contributed by atoms with Gasteiger partial charge in [0.1, 0.15) is 5.82 Å². The fourth-order valence-electron chi connectivity index (χ4n) is 2.39. The largest absolute Gasteiger partial charge is 0.478 e. The van der Waals surface area contributed by atoms with Crippen molar-refractivity contribution in [1.82, 2.24) is 19.3 Å². The number of benzene rings is 1. The predicted molar refractivity (Wildman–Crippen MR) is 74.6 cm³/mol. The maximum atomic E-state index is 11.0. The molecule has 0 amide bonds. The summed E-state index contributed by atoms with van der Waals surface area (Å²) in [5.74, 6) is -0.162. The zero-order valence-corrected chi connectivity index (χ0v) is 11.5. The van der Waals surface area contributed by atoms with Crippen LogP contribution >= 0.6 is 0 Å². The fourth-order valence-corrected chi connectivity index (χ4v) is 2.39. The first kappa shape index (κ1) is 12.4. The standard InChI is InChI=1S/C14H14N4O2/c1-8-10(7-17(2)16-8)13-15-11-6-9(14(19)20)4-5-12(11)18(13)3/h4-7H,1-3H3,(H,19,20). The number of hydrogen-bond acceptors (Lipinski definition) is 3. The van der Waals surface area contributed by atoms with Crippen molar-refractivity contribution in [3.05, 3.63) is 35.7 Å².